The summed E-state index contributed by atoms with van der Waals surface area (Å²) in [7, 11) is -0.0199. The Bertz CT molecular complexity index is 439. The number of rotatable bonds is 6. The lowest BCUT2D eigenvalue weighted by atomic mass is 10.1. The van der Waals surface area contributed by atoms with Crippen LogP contribution < -0.4 is 0 Å². The van der Waals surface area contributed by atoms with Gasteiger partial charge in [0.1, 0.15) is 12.4 Å². The number of aliphatic imine (C=N–C) groups is 1. The smallest absolute Gasteiger partial charge is 0.192 e. The van der Waals surface area contributed by atoms with E-state index in [-0.39, 0.29) is 11.6 Å². The first-order chi connectivity index (χ1) is 9.58. The Balaban J connectivity index is 2.75. The number of carbonyl (C=O) groups is 1. The van der Waals surface area contributed by atoms with Crippen LogP contribution in [0.1, 0.15) is 20.8 Å². The van der Waals surface area contributed by atoms with Crippen molar-refractivity contribution in [1.29, 1.82) is 0 Å². The van der Waals surface area contributed by atoms with E-state index in [2.05, 4.69) is 38.9 Å². The van der Waals surface area contributed by atoms with Crippen molar-refractivity contribution in [3.8, 4) is 0 Å². The van der Waals surface area contributed by atoms with Crippen molar-refractivity contribution in [2.75, 3.05) is 26.7 Å². The van der Waals surface area contributed by atoms with Gasteiger partial charge in [-0.2, -0.15) is 0 Å². The second-order valence-electron chi connectivity index (χ2n) is 7.01. The summed E-state index contributed by atoms with van der Waals surface area (Å²) in [5.74, 6) is 0. The molecule has 5 nitrogen and oxygen atoms in total. The average molecular weight is 312 g/mol. The fourth-order valence-electron chi connectivity index (χ4n) is 1.75. The topological polar surface area (TPSA) is 62.1 Å². The van der Waals surface area contributed by atoms with Gasteiger partial charge in [0, 0.05) is 12.7 Å². The van der Waals surface area contributed by atoms with Gasteiger partial charge in [0.15, 0.2) is 8.32 Å². The molecule has 0 amide bonds. The highest BCUT2D eigenvalue weighted by Gasteiger charge is 2.37. The first kappa shape index (κ1) is 18.1. The summed E-state index contributed by atoms with van der Waals surface area (Å²) in [4.78, 5) is 16.7. The molecule has 0 saturated heterocycles. The van der Waals surface area contributed by atoms with Crippen LogP contribution in [0.15, 0.2) is 16.8 Å². The molecule has 1 atom stereocenters. The van der Waals surface area contributed by atoms with E-state index in [0.29, 0.717) is 13.2 Å². The Kier molecular flexibility index (Phi) is 5.89. The minimum atomic E-state index is -1.81. The number of hydrogen-bond donors (Lipinski definition) is 1. The maximum atomic E-state index is 10.6. The first-order valence-electron chi connectivity index (χ1n) is 7.30. The Labute approximate surface area is 128 Å². The number of nitrogens with zero attached hydrogens (tertiary/aromatic N) is 2. The molecular weight excluding hydrogens is 284 g/mol. The van der Waals surface area contributed by atoms with Crippen molar-refractivity contribution < 1.29 is 14.3 Å². The lowest BCUT2D eigenvalue weighted by Gasteiger charge is -2.36. The average Bonchev–Trinajstić information content (AvgIpc) is 2.36. The van der Waals surface area contributed by atoms with Crippen LogP contribution in [0.2, 0.25) is 18.1 Å². The van der Waals surface area contributed by atoms with Crippen molar-refractivity contribution in [2.24, 2.45) is 4.99 Å². The van der Waals surface area contributed by atoms with E-state index in [1.165, 1.54) is 0 Å². The monoisotopic (exact) mass is 312 g/mol. The number of carbonyl (C=O) groups excluding carboxylic acids is 1. The third-order valence-electron chi connectivity index (χ3n) is 4.30. The van der Waals surface area contributed by atoms with Crippen LogP contribution in [-0.4, -0.2) is 63.2 Å². The van der Waals surface area contributed by atoms with Gasteiger partial charge >= 0.3 is 0 Å². The third-order valence-corrected chi connectivity index (χ3v) is 8.78. The molecule has 1 aliphatic heterocycles. The minimum Gasteiger partial charge on any atom is -0.411 e. The highest BCUT2D eigenvalue weighted by atomic mass is 28.4. The van der Waals surface area contributed by atoms with E-state index in [1.54, 1.807) is 11.9 Å². The number of dihydropyridines is 1. The van der Waals surface area contributed by atoms with Crippen molar-refractivity contribution in [3.63, 3.8) is 0 Å². The fraction of sp³-hybridized carbons (Fsp3) is 0.733. The summed E-state index contributed by atoms with van der Waals surface area (Å²) < 4.78 is 6.15. The molecule has 0 aliphatic carbocycles. The number of aldehydes is 1. The highest BCUT2D eigenvalue weighted by Crippen LogP contribution is 2.36. The molecule has 0 aromatic rings. The number of likely N-dealkylation sites (N-methyl/N-ethyl adjacent to an activating group) is 1. The largest absolute Gasteiger partial charge is 0.411 e. The molecule has 1 unspecified atom stereocenters. The summed E-state index contributed by atoms with van der Waals surface area (Å²) >= 11 is 0. The van der Waals surface area contributed by atoms with Crippen LogP contribution >= 0.6 is 0 Å². The van der Waals surface area contributed by atoms with Gasteiger partial charge in [-0.05, 0) is 24.2 Å². The quantitative estimate of drug-likeness (QED) is 0.600. The van der Waals surface area contributed by atoms with Crippen LogP contribution in [0.3, 0.4) is 0 Å². The Morgan fingerprint density at radius 2 is 2.14 bits per heavy atom. The highest BCUT2D eigenvalue weighted by molar-refractivity contribution is 6.74. The Hall–Kier alpha value is -0.983. The van der Waals surface area contributed by atoms with Crippen LogP contribution in [0.4, 0.5) is 0 Å². The van der Waals surface area contributed by atoms with Crippen LogP contribution in [0, 0.1) is 0 Å². The van der Waals surface area contributed by atoms with E-state index >= 15 is 0 Å². The molecule has 1 aliphatic rings. The number of aliphatic hydroxyl groups excluding tert-OH is 1. The molecule has 120 valence electrons. The second-order valence-corrected chi connectivity index (χ2v) is 11.8. The first-order valence-corrected chi connectivity index (χ1v) is 10.2. The molecule has 0 spiro atoms. The molecule has 0 fully saturated rings. The molecule has 6 heteroatoms. The van der Waals surface area contributed by atoms with Gasteiger partial charge in [0.2, 0.25) is 0 Å². The molecule has 1 heterocycles. The molecule has 0 bridgehead atoms. The van der Waals surface area contributed by atoms with E-state index in [0.717, 1.165) is 17.7 Å². The summed E-state index contributed by atoms with van der Waals surface area (Å²) in [6.07, 6.45) is 2.02. The van der Waals surface area contributed by atoms with Crippen molar-refractivity contribution >= 4 is 20.3 Å². The molecular formula is C15H28N2O3Si. The second kappa shape index (κ2) is 6.85. The zero-order valence-electron chi connectivity index (χ0n) is 14.0. The Morgan fingerprint density at radius 3 is 2.67 bits per heavy atom. The predicted octanol–water partition coefficient (Wildman–Crippen LogP) is 1.84. The zero-order chi connectivity index (χ0) is 16.3. The van der Waals surface area contributed by atoms with Gasteiger partial charge < -0.3 is 19.2 Å². The van der Waals surface area contributed by atoms with Gasteiger partial charge in [-0.25, -0.2) is 0 Å². The van der Waals surface area contributed by atoms with Crippen molar-refractivity contribution in [1.82, 2.24) is 4.90 Å². The maximum absolute atomic E-state index is 10.6. The lowest BCUT2D eigenvalue weighted by Crippen LogP contribution is -2.42. The van der Waals surface area contributed by atoms with Crippen LogP contribution in [0.5, 0.6) is 0 Å². The number of hydrogen-bond acceptors (Lipinski definition) is 5. The maximum Gasteiger partial charge on any atom is 0.192 e. The SMILES string of the molecule is CN(CC=O)C1=CC(CO[Si](C)(C)C(C)(C)C)=NCC1O. The normalized spacial score (nSPS) is 19.9. The summed E-state index contributed by atoms with van der Waals surface area (Å²) in [5.41, 5.74) is 1.56. The van der Waals surface area contributed by atoms with Gasteiger partial charge in [0.25, 0.3) is 0 Å². The van der Waals surface area contributed by atoms with E-state index in [9.17, 15) is 9.90 Å². The van der Waals surface area contributed by atoms with Crippen LogP contribution in [-0.2, 0) is 9.22 Å². The van der Waals surface area contributed by atoms with Gasteiger partial charge in [0.05, 0.1) is 25.4 Å². The van der Waals surface area contributed by atoms with Gasteiger partial charge in [-0.3, -0.25) is 4.99 Å². The summed E-state index contributed by atoms with van der Waals surface area (Å²) in [6, 6.07) is 0. The lowest BCUT2D eigenvalue weighted by molar-refractivity contribution is -0.108. The van der Waals surface area contributed by atoms with E-state index in [1.807, 2.05) is 6.08 Å². The standard InChI is InChI=1S/C15H28N2O3Si/c1-15(2,3)21(5,6)20-11-12-9-13(14(19)10-16-12)17(4)7-8-18/h8-9,14,19H,7,10-11H2,1-6H3. The van der Waals surface area contributed by atoms with E-state index in [4.69, 9.17) is 4.43 Å². The zero-order valence-corrected chi connectivity index (χ0v) is 15.0. The number of aliphatic hydroxyl groups is 1. The van der Waals surface area contributed by atoms with Crippen LogP contribution in [0.25, 0.3) is 0 Å². The van der Waals surface area contributed by atoms with E-state index < -0.39 is 14.4 Å². The third kappa shape index (κ3) is 4.76. The molecule has 0 aromatic carbocycles. The van der Waals surface area contributed by atoms with Gasteiger partial charge in [-0.15, -0.1) is 0 Å². The fourth-order valence-corrected chi connectivity index (χ4v) is 2.69. The molecule has 0 aromatic heterocycles. The van der Waals surface area contributed by atoms with Gasteiger partial charge in [-0.1, -0.05) is 20.8 Å². The molecule has 0 saturated carbocycles. The predicted molar refractivity (Wildman–Crippen MR) is 88.2 cm³/mol. The molecule has 0 radical (unpaired) electrons. The Morgan fingerprint density at radius 1 is 1.52 bits per heavy atom. The minimum absolute atomic E-state index is 0.155. The molecule has 1 N–H and O–H groups in total. The summed E-state index contributed by atoms with van der Waals surface area (Å²) in [5, 5.41) is 10.1. The van der Waals surface area contributed by atoms with Crippen molar-refractivity contribution in [3.05, 3.63) is 11.8 Å². The van der Waals surface area contributed by atoms with Crippen molar-refractivity contribution in [2.45, 2.75) is 45.0 Å². The summed E-state index contributed by atoms with van der Waals surface area (Å²) in [6.45, 7) is 12.1. The molecule has 1 rings (SSSR count). The molecule has 21 heavy (non-hydrogen) atoms.